The minimum atomic E-state index is -3.66. The summed E-state index contributed by atoms with van der Waals surface area (Å²) in [5, 5.41) is 14.3. The molecule has 2 aliphatic carbocycles. The second-order valence-electron chi connectivity index (χ2n) is 12.3. The Labute approximate surface area is 270 Å². The Kier molecular flexibility index (Phi) is 12.8. The van der Waals surface area contributed by atoms with Gasteiger partial charge in [0.15, 0.2) is 0 Å². The van der Waals surface area contributed by atoms with E-state index in [1.807, 2.05) is 18.2 Å². The van der Waals surface area contributed by atoms with Crippen LogP contribution in [0.1, 0.15) is 73.8 Å². The predicted molar refractivity (Wildman–Crippen MR) is 182 cm³/mol. The Hall–Kier alpha value is -2.60. The molecule has 246 valence electrons. The molecule has 0 aliphatic heterocycles. The van der Waals surface area contributed by atoms with E-state index in [-0.39, 0.29) is 4.90 Å². The molecule has 0 fully saturated rings. The van der Waals surface area contributed by atoms with Gasteiger partial charge >= 0.3 is 0 Å². The van der Waals surface area contributed by atoms with Crippen LogP contribution in [0.4, 0.5) is 0 Å². The Bertz CT molecular complexity index is 1610. The first kappa shape index (κ1) is 35.3. The van der Waals surface area contributed by atoms with Crippen molar-refractivity contribution in [3.8, 4) is 0 Å². The fourth-order valence-corrected chi connectivity index (χ4v) is 8.46. The SMILES string of the molecule is CCCN(CCC)C1CCc2cccc(S(N)(=O)=O)c2C1.NS(=O)(=O)c1cccc2c1CC(NCCCc1ccccc1)CC2. The van der Waals surface area contributed by atoms with Gasteiger partial charge in [-0.15, -0.1) is 0 Å². The number of hydrogen-bond donors (Lipinski definition) is 3. The average molecular weight is 655 g/mol. The van der Waals surface area contributed by atoms with Crippen LogP contribution < -0.4 is 15.6 Å². The Morgan fingerprint density at radius 1 is 0.733 bits per heavy atom. The zero-order valence-corrected chi connectivity index (χ0v) is 28.4. The highest BCUT2D eigenvalue weighted by Gasteiger charge is 2.28. The molecule has 0 amide bonds. The van der Waals surface area contributed by atoms with E-state index in [4.69, 9.17) is 10.3 Å². The van der Waals surface area contributed by atoms with Crippen LogP contribution >= 0.6 is 0 Å². The highest BCUT2D eigenvalue weighted by molar-refractivity contribution is 7.89. The number of benzene rings is 3. The summed E-state index contributed by atoms with van der Waals surface area (Å²) in [5.41, 5.74) is 5.44. The Balaban J connectivity index is 0.000000207. The quantitative estimate of drug-likeness (QED) is 0.242. The molecule has 10 heteroatoms. The van der Waals surface area contributed by atoms with Crippen molar-refractivity contribution in [2.45, 2.75) is 99.9 Å². The number of primary sulfonamides is 2. The predicted octanol–water partition coefficient (Wildman–Crippen LogP) is 4.73. The van der Waals surface area contributed by atoms with Crippen LogP contribution in [0.25, 0.3) is 0 Å². The Morgan fingerprint density at radius 2 is 1.29 bits per heavy atom. The van der Waals surface area contributed by atoms with Crippen molar-refractivity contribution in [1.82, 2.24) is 10.2 Å². The zero-order chi connectivity index (χ0) is 32.5. The lowest BCUT2D eigenvalue weighted by molar-refractivity contribution is 0.179. The molecular weight excluding hydrogens is 605 g/mol. The molecule has 8 nitrogen and oxygen atoms in total. The van der Waals surface area contributed by atoms with Crippen molar-refractivity contribution >= 4 is 20.0 Å². The lowest BCUT2D eigenvalue weighted by Gasteiger charge is -2.35. The zero-order valence-electron chi connectivity index (χ0n) is 26.7. The summed E-state index contributed by atoms with van der Waals surface area (Å²) in [6.07, 6.45) is 9.87. The number of nitrogens with zero attached hydrogens (tertiary/aromatic N) is 1. The summed E-state index contributed by atoms with van der Waals surface area (Å²) >= 11 is 0. The maximum Gasteiger partial charge on any atom is 0.238 e. The molecule has 0 aromatic heterocycles. The van der Waals surface area contributed by atoms with Gasteiger partial charge in [-0.05, 0) is 124 Å². The van der Waals surface area contributed by atoms with Crippen LogP contribution in [0, 0.1) is 0 Å². The van der Waals surface area contributed by atoms with Crippen LogP contribution in [0.5, 0.6) is 0 Å². The van der Waals surface area contributed by atoms with Gasteiger partial charge in [-0.2, -0.15) is 0 Å². The molecule has 0 radical (unpaired) electrons. The van der Waals surface area contributed by atoms with Gasteiger partial charge in [0.25, 0.3) is 0 Å². The topological polar surface area (TPSA) is 136 Å². The van der Waals surface area contributed by atoms with E-state index in [9.17, 15) is 16.8 Å². The lowest BCUT2D eigenvalue weighted by Crippen LogP contribution is -2.40. The molecule has 3 aromatic rings. The summed E-state index contributed by atoms with van der Waals surface area (Å²) in [7, 11) is -7.29. The standard InChI is InChI=1S/C19H24N2O2S.C16H26N2O2S/c20-24(22,23)19-10-4-9-16-11-12-17(14-18(16)19)21-13-5-8-15-6-2-1-3-7-15;1-3-10-18(11-4-2)14-9-8-13-6-5-7-16(15(13)12-14)21(17,19)20/h1-4,6-7,9-10,17,21H,5,8,11-14H2,(H2,20,22,23);5-7,14H,3-4,8-12H2,1-2H3,(H2,17,19,20). The molecule has 45 heavy (non-hydrogen) atoms. The van der Waals surface area contributed by atoms with E-state index >= 15 is 0 Å². The molecular formula is C35H50N4O4S2. The fourth-order valence-electron chi connectivity index (χ4n) is 6.81. The molecule has 2 unspecified atom stereocenters. The van der Waals surface area contributed by atoms with Crippen LogP contribution in [0.3, 0.4) is 0 Å². The second-order valence-corrected chi connectivity index (χ2v) is 15.4. The summed E-state index contributed by atoms with van der Waals surface area (Å²) in [5.74, 6) is 0. The van der Waals surface area contributed by atoms with E-state index in [1.165, 1.54) is 5.56 Å². The van der Waals surface area contributed by atoms with Gasteiger partial charge < -0.3 is 10.2 Å². The van der Waals surface area contributed by atoms with Gasteiger partial charge in [0, 0.05) is 12.1 Å². The highest BCUT2D eigenvalue weighted by atomic mass is 32.2. The fraction of sp³-hybridized carbons (Fsp3) is 0.486. The van der Waals surface area contributed by atoms with Gasteiger partial charge in [-0.3, -0.25) is 0 Å². The van der Waals surface area contributed by atoms with Crippen molar-refractivity contribution in [1.29, 1.82) is 0 Å². The summed E-state index contributed by atoms with van der Waals surface area (Å²) < 4.78 is 47.2. The molecule has 2 aliphatic rings. The van der Waals surface area contributed by atoms with E-state index in [2.05, 4.69) is 48.3 Å². The summed E-state index contributed by atoms with van der Waals surface area (Å²) in [6, 6.07) is 22.1. The minimum absolute atomic E-state index is 0.288. The van der Waals surface area contributed by atoms with Crippen molar-refractivity contribution in [2.24, 2.45) is 10.3 Å². The van der Waals surface area contributed by atoms with Crippen LogP contribution in [0.15, 0.2) is 76.5 Å². The van der Waals surface area contributed by atoms with E-state index in [0.29, 0.717) is 17.0 Å². The van der Waals surface area contributed by atoms with Gasteiger partial charge in [0.05, 0.1) is 9.79 Å². The number of hydrogen-bond acceptors (Lipinski definition) is 6. The molecule has 0 heterocycles. The third-order valence-electron chi connectivity index (χ3n) is 8.93. The third-order valence-corrected chi connectivity index (χ3v) is 10.9. The Morgan fingerprint density at radius 3 is 1.84 bits per heavy atom. The third kappa shape index (κ3) is 9.94. The molecule has 0 bridgehead atoms. The van der Waals surface area contributed by atoms with Gasteiger partial charge in [-0.1, -0.05) is 68.4 Å². The monoisotopic (exact) mass is 654 g/mol. The minimum Gasteiger partial charge on any atom is -0.314 e. The van der Waals surface area contributed by atoms with E-state index in [1.54, 1.807) is 24.3 Å². The number of aryl methyl sites for hydroxylation is 3. The smallest absolute Gasteiger partial charge is 0.238 e. The number of rotatable bonds is 12. The number of nitrogens with two attached hydrogens (primary N) is 2. The first-order valence-corrected chi connectivity index (χ1v) is 19.4. The van der Waals surface area contributed by atoms with Gasteiger partial charge in [-0.25, -0.2) is 27.1 Å². The summed E-state index contributed by atoms with van der Waals surface area (Å²) in [6.45, 7) is 7.47. The number of nitrogens with one attached hydrogen (secondary N) is 1. The van der Waals surface area contributed by atoms with Crippen molar-refractivity contribution in [3.63, 3.8) is 0 Å². The number of sulfonamides is 2. The first-order chi connectivity index (χ1) is 21.5. The first-order valence-electron chi connectivity index (χ1n) is 16.3. The summed E-state index contributed by atoms with van der Waals surface area (Å²) in [4.78, 5) is 3.11. The second kappa shape index (κ2) is 16.3. The van der Waals surface area contributed by atoms with Crippen LogP contribution in [-0.2, 0) is 52.2 Å². The average Bonchev–Trinajstić information content (AvgIpc) is 3.02. The molecule has 3 aromatic carbocycles. The molecule has 0 saturated carbocycles. The largest absolute Gasteiger partial charge is 0.314 e. The molecule has 0 saturated heterocycles. The van der Waals surface area contributed by atoms with E-state index < -0.39 is 20.0 Å². The van der Waals surface area contributed by atoms with Gasteiger partial charge in [0.1, 0.15) is 0 Å². The molecule has 5 rings (SSSR count). The van der Waals surface area contributed by atoms with Crippen LogP contribution in [-0.4, -0.2) is 53.5 Å². The maximum atomic E-state index is 11.8. The number of fused-ring (bicyclic) bond motifs is 2. The van der Waals surface area contributed by atoms with Crippen molar-refractivity contribution in [3.05, 3.63) is 94.5 Å². The normalized spacial score (nSPS) is 18.1. The highest BCUT2D eigenvalue weighted by Crippen LogP contribution is 2.30. The molecule has 0 spiro atoms. The van der Waals surface area contributed by atoms with Crippen molar-refractivity contribution < 1.29 is 16.8 Å². The van der Waals surface area contributed by atoms with E-state index in [0.717, 1.165) is 106 Å². The molecule has 2 atom stereocenters. The lowest BCUT2D eigenvalue weighted by atomic mass is 9.87. The molecule has 5 N–H and O–H groups in total. The van der Waals surface area contributed by atoms with Crippen molar-refractivity contribution in [2.75, 3.05) is 19.6 Å². The van der Waals surface area contributed by atoms with Crippen LogP contribution in [0.2, 0.25) is 0 Å². The van der Waals surface area contributed by atoms with Gasteiger partial charge in [0.2, 0.25) is 20.0 Å². The maximum absolute atomic E-state index is 11.8.